The molecule has 0 atom stereocenters. The van der Waals surface area contributed by atoms with Crippen molar-refractivity contribution in [3.05, 3.63) is 71.3 Å². The first kappa shape index (κ1) is 20.5. The molecule has 0 bridgehead atoms. The van der Waals surface area contributed by atoms with E-state index in [0.29, 0.717) is 12.1 Å². The van der Waals surface area contributed by atoms with Gasteiger partial charge in [-0.1, -0.05) is 55.8 Å². The van der Waals surface area contributed by atoms with Gasteiger partial charge in [-0.3, -0.25) is 9.79 Å². The fourth-order valence-electron chi connectivity index (χ4n) is 2.63. The minimum atomic E-state index is -0.0126. The number of carbonyl (C=O) groups excluding carboxylic acids is 1. The van der Waals surface area contributed by atoms with Gasteiger partial charge in [-0.15, -0.1) is 0 Å². The van der Waals surface area contributed by atoms with Gasteiger partial charge in [-0.05, 0) is 36.1 Å². The summed E-state index contributed by atoms with van der Waals surface area (Å²) in [6, 6.07) is 18.0. The summed E-state index contributed by atoms with van der Waals surface area (Å²) in [6.45, 7) is 4.31. The van der Waals surface area contributed by atoms with Gasteiger partial charge in [0.1, 0.15) is 0 Å². The van der Waals surface area contributed by atoms with Crippen molar-refractivity contribution >= 4 is 11.9 Å². The molecule has 3 N–H and O–H groups in total. The highest BCUT2D eigenvalue weighted by molar-refractivity contribution is 5.94. The van der Waals surface area contributed by atoms with E-state index in [-0.39, 0.29) is 5.91 Å². The third-order valence-electron chi connectivity index (χ3n) is 4.26. The molecule has 0 saturated heterocycles. The Hall–Kier alpha value is -2.82. The van der Waals surface area contributed by atoms with E-state index in [1.165, 1.54) is 5.56 Å². The van der Waals surface area contributed by atoms with E-state index in [2.05, 4.69) is 52.1 Å². The van der Waals surface area contributed by atoms with Crippen LogP contribution in [0.3, 0.4) is 0 Å². The Labute approximate surface area is 162 Å². The lowest BCUT2D eigenvalue weighted by Gasteiger charge is -2.12. The summed E-state index contributed by atoms with van der Waals surface area (Å²) < 4.78 is 0. The van der Waals surface area contributed by atoms with Gasteiger partial charge in [-0.25, -0.2) is 0 Å². The van der Waals surface area contributed by atoms with Gasteiger partial charge in [0.2, 0.25) is 0 Å². The summed E-state index contributed by atoms with van der Waals surface area (Å²) in [5, 5.41) is 9.55. The molecule has 2 rings (SSSR count). The Kier molecular flexibility index (Phi) is 8.90. The lowest BCUT2D eigenvalue weighted by atomic mass is 10.1. The van der Waals surface area contributed by atoms with Crippen LogP contribution >= 0.6 is 0 Å². The van der Waals surface area contributed by atoms with Gasteiger partial charge in [0.25, 0.3) is 5.91 Å². The number of hydrogen-bond acceptors (Lipinski definition) is 2. The topological polar surface area (TPSA) is 65.5 Å². The van der Waals surface area contributed by atoms with Gasteiger partial charge in [0.15, 0.2) is 5.96 Å². The minimum Gasteiger partial charge on any atom is -0.356 e. The largest absolute Gasteiger partial charge is 0.356 e. The van der Waals surface area contributed by atoms with Crippen molar-refractivity contribution in [2.45, 2.75) is 32.7 Å². The molecule has 0 saturated carbocycles. The molecule has 0 radical (unpaired) electrons. The maximum Gasteiger partial charge on any atom is 0.251 e. The van der Waals surface area contributed by atoms with Crippen molar-refractivity contribution in [1.29, 1.82) is 0 Å². The molecule has 5 heteroatoms. The Morgan fingerprint density at radius 1 is 0.889 bits per heavy atom. The van der Waals surface area contributed by atoms with E-state index in [1.807, 2.05) is 30.3 Å². The Morgan fingerprint density at radius 3 is 2.30 bits per heavy atom. The molecule has 0 spiro atoms. The van der Waals surface area contributed by atoms with Gasteiger partial charge in [0.05, 0.1) is 0 Å². The molecule has 0 aromatic heterocycles. The van der Waals surface area contributed by atoms with Crippen molar-refractivity contribution in [2.75, 3.05) is 20.1 Å². The van der Waals surface area contributed by atoms with E-state index < -0.39 is 0 Å². The average molecular weight is 367 g/mol. The molecular weight excluding hydrogens is 336 g/mol. The predicted octanol–water partition coefficient (Wildman–Crippen LogP) is 3.12. The number of carbonyl (C=O) groups is 1. The summed E-state index contributed by atoms with van der Waals surface area (Å²) in [5.41, 5.74) is 3.10. The molecule has 144 valence electrons. The number of amides is 1. The summed E-state index contributed by atoms with van der Waals surface area (Å²) >= 11 is 0. The number of benzene rings is 2. The molecule has 0 unspecified atom stereocenters. The van der Waals surface area contributed by atoms with Crippen LogP contribution < -0.4 is 16.0 Å². The van der Waals surface area contributed by atoms with Gasteiger partial charge in [0, 0.05) is 32.2 Å². The van der Waals surface area contributed by atoms with E-state index in [9.17, 15) is 4.79 Å². The Morgan fingerprint density at radius 2 is 1.63 bits per heavy atom. The maximum absolute atomic E-state index is 12.0. The van der Waals surface area contributed by atoms with Crippen LogP contribution in [0.1, 0.15) is 41.3 Å². The minimum absolute atomic E-state index is 0.0126. The van der Waals surface area contributed by atoms with Crippen molar-refractivity contribution < 1.29 is 4.79 Å². The number of aliphatic imine (C=N–C) groups is 1. The first-order valence-electron chi connectivity index (χ1n) is 9.58. The van der Waals surface area contributed by atoms with Crippen LogP contribution in [0.15, 0.2) is 59.6 Å². The molecule has 27 heavy (non-hydrogen) atoms. The highest BCUT2D eigenvalue weighted by Crippen LogP contribution is 2.04. The smallest absolute Gasteiger partial charge is 0.251 e. The van der Waals surface area contributed by atoms with Crippen molar-refractivity contribution in [2.24, 2.45) is 4.99 Å². The molecule has 2 aromatic carbocycles. The summed E-state index contributed by atoms with van der Waals surface area (Å²) in [6.07, 6.45) is 3.03. The van der Waals surface area contributed by atoms with Crippen LogP contribution in [0, 0.1) is 0 Å². The number of rotatable bonds is 9. The molecule has 0 fully saturated rings. The molecule has 0 aliphatic rings. The number of nitrogens with one attached hydrogen (secondary N) is 3. The van der Waals surface area contributed by atoms with E-state index in [1.54, 1.807) is 7.05 Å². The Bertz CT molecular complexity index is 711. The Balaban J connectivity index is 1.74. The highest BCUT2D eigenvalue weighted by Gasteiger charge is 2.05. The molecular formula is C22H30N4O. The second kappa shape index (κ2) is 11.7. The average Bonchev–Trinajstić information content (AvgIpc) is 2.72. The van der Waals surface area contributed by atoms with Crippen LogP contribution in [0.4, 0.5) is 0 Å². The maximum atomic E-state index is 12.0. The second-order valence-electron chi connectivity index (χ2n) is 6.39. The SMILES string of the molecule is CCCCNC(=O)c1ccc(CNC(=NC)NCCc2ccccc2)cc1. The zero-order chi connectivity index (χ0) is 19.3. The number of nitrogens with zero attached hydrogens (tertiary/aromatic N) is 1. The third kappa shape index (κ3) is 7.52. The van der Waals surface area contributed by atoms with E-state index in [0.717, 1.165) is 43.9 Å². The van der Waals surface area contributed by atoms with Gasteiger partial charge < -0.3 is 16.0 Å². The van der Waals surface area contributed by atoms with Crippen LogP contribution in [-0.2, 0) is 13.0 Å². The number of hydrogen-bond donors (Lipinski definition) is 3. The molecule has 0 aliphatic heterocycles. The quantitative estimate of drug-likeness (QED) is 0.363. The first-order chi connectivity index (χ1) is 13.2. The van der Waals surface area contributed by atoms with Crippen LogP contribution in [0.25, 0.3) is 0 Å². The fraction of sp³-hybridized carbons (Fsp3) is 0.364. The van der Waals surface area contributed by atoms with Crippen LogP contribution in [0.2, 0.25) is 0 Å². The number of guanidine groups is 1. The lowest BCUT2D eigenvalue weighted by molar-refractivity contribution is 0.0953. The lowest BCUT2D eigenvalue weighted by Crippen LogP contribution is -2.37. The zero-order valence-corrected chi connectivity index (χ0v) is 16.3. The van der Waals surface area contributed by atoms with Gasteiger partial charge >= 0.3 is 0 Å². The molecule has 0 heterocycles. The van der Waals surface area contributed by atoms with Gasteiger partial charge in [-0.2, -0.15) is 0 Å². The predicted molar refractivity (Wildman–Crippen MR) is 112 cm³/mol. The molecule has 0 aliphatic carbocycles. The van der Waals surface area contributed by atoms with Crippen LogP contribution in [-0.4, -0.2) is 32.0 Å². The molecule has 5 nitrogen and oxygen atoms in total. The van der Waals surface area contributed by atoms with E-state index in [4.69, 9.17) is 0 Å². The fourth-order valence-corrected chi connectivity index (χ4v) is 2.63. The standard InChI is InChI=1S/C22H30N4O/c1-3-4-15-24-21(27)20-12-10-19(11-13-20)17-26-22(23-2)25-16-14-18-8-6-5-7-9-18/h5-13H,3-4,14-17H2,1-2H3,(H,24,27)(H2,23,25,26). The normalized spacial score (nSPS) is 11.1. The monoisotopic (exact) mass is 366 g/mol. The summed E-state index contributed by atoms with van der Waals surface area (Å²) in [5.74, 6) is 0.758. The van der Waals surface area contributed by atoms with Crippen molar-refractivity contribution in [3.63, 3.8) is 0 Å². The molecule has 1 amide bonds. The van der Waals surface area contributed by atoms with Crippen LogP contribution in [0.5, 0.6) is 0 Å². The molecule has 2 aromatic rings. The van der Waals surface area contributed by atoms with Crippen molar-refractivity contribution in [1.82, 2.24) is 16.0 Å². The number of unbranched alkanes of at least 4 members (excludes halogenated alkanes) is 1. The summed E-state index contributed by atoms with van der Waals surface area (Å²) in [7, 11) is 1.77. The highest BCUT2D eigenvalue weighted by atomic mass is 16.1. The second-order valence-corrected chi connectivity index (χ2v) is 6.39. The third-order valence-corrected chi connectivity index (χ3v) is 4.26. The summed E-state index contributed by atoms with van der Waals surface area (Å²) in [4.78, 5) is 16.3. The van der Waals surface area contributed by atoms with E-state index >= 15 is 0 Å². The van der Waals surface area contributed by atoms with Crippen molar-refractivity contribution in [3.8, 4) is 0 Å². The zero-order valence-electron chi connectivity index (χ0n) is 16.3. The first-order valence-corrected chi connectivity index (χ1v) is 9.58.